The summed E-state index contributed by atoms with van der Waals surface area (Å²) in [6.07, 6.45) is 15.0. The van der Waals surface area contributed by atoms with Gasteiger partial charge in [0.2, 0.25) is 0 Å². The van der Waals surface area contributed by atoms with Gasteiger partial charge in [-0.25, -0.2) is 0 Å². The highest BCUT2D eigenvalue weighted by molar-refractivity contribution is 6.26. The summed E-state index contributed by atoms with van der Waals surface area (Å²) in [7, 11) is 0. The third-order valence-electron chi connectivity index (χ3n) is 13.0. The van der Waals surface area contributed by atoms with Crippen molar-refractivity contribution < 1.29 is 0 Å². The van der Waals surface area contributed by atoms with Crippen molar-refractivity contribution in [3.8, 4) is 28.1 Å². The van der Waals surface area contributed by atoms with Crippen molar-refractivity contribution >= 4 is 87.6 Å². The van der Waals surface area contributed by atoms with Gasteiger partial charge < -0.3 is 4.57 Å². The first kappa shape index (κ1) is 33.8. The second-order valence-electron chi connectivity index (χ2n) is 16.2. The van der Waals surface area contributed by atoms with Crippen LogP contribution >= 0.6 is 0 Å². The van der Waals surface area contributed by atoms with E-state index in [0.717, 1.165) is 33.4 Å². The SMILES string of the molecule is C1=CC(c2ccc3ccc4c5c(ccc2c35)C=CC=C=4)=CC=C(c2ccc(-c3ccc(-c4ccc5ccc6cccc7ccc4c5c67)c4ccccc34)n2-c2ccccc2)C=1. The van der Waals surface area contributed by atoms with Crippen LogP contribution in [0.25, 0.3) is 116 Å². The maximum atomic E-state index is 3.59. The molecular formula is C60H35N. The van der Waals surface area contributed by atoms with E-state index in [1.165, 1.54) is 92.5 Å². The van der Waals surface area contributed by atoms with Crippen molar-refractivity contribution in [3.05, 3.63) is 234 Å². The predicted octanol–water partition coefficient (Wildman–Crippen LogP) is 15.0. The van der Waals surface area contributed by atoms with Crippen LogP contribution in [0.2, 0.25) is 0 Å². The molecule has 0 aliphatic heterocycles. The molecule has 280 valence electrons. The molecule has 0 saturated carbocycles. The molecule has 0 unspecified atom stereocenters. The molecule has 0 N–H and O–H groups in total. The number of hydrogen-bond acceptors (Lipinski definition) is 0. The van der Waals surface area contributed by atoms with Crippen LogP contribution in [0.5, 0.6) is 0 Å². The topological polar surface area (TPSA) is 4.93 Å². The molecule has 0 amide bonds. The van der Waals surface area contributed by atoms with E-state index < -0.39 is 0 Å². The number of allylic oxidation sites excluding steroid dienone is 7. The van der Waals surface area contributed by atoms with Gasteiger partial charge in [-0.15, -0.1) is 11.5 Å². The van der Waals surface area contributed by atoms with E-state index >= 15 is 0 Å². The summed E-state index contributed by atoms with van der Waals surface area (Å²) in [4.78, 5) is 0. The van der Waals surface area contributed by atoms with E-state index in [2.05, 4.69) is 222 Å². The molecule has 0 bridgehead atoms. The largest absolute Gasteiger partial charge is 0.309 e. The molecule has 0 saturated heterocycles. The summed E-state index contributed by atoms with van der Waals surface area (Å²) in [5.41, 5.74) is 18.8. The standard InChI is InChI=1S/C60H35N/c1-2-16-46(17-3-1)61-55(39-13-8-12-38(20-21-39)47-30-26-44-24-22-40-10-4-5-11-41-28-32-53(47)59(44)57(40)41)36-37-56(61)52-35-34-50(48-18-6-7-19-49(48)52)51-31-27-45-25-23-42-14-9-15-43-29-33-54(51)60(45)58(42)43/h1-7,9,11-37H. The lowest BCUT2D eigenvalue weighted by Crippen LogP contribution is -2.02. The van der Waals surface area contributed by atoms with Crippen LogP contribution < -0.4 is 5.22 Å². The fraction of sp³-hybridized carbons (Fsp3) is 0. The first-order valence-corrected chi connectivity index (χ1v) is 21.0. The number of para-hydroxylation sites is 1. The Morgan fingerprint density at radius 3 is 1.82 bits per heavy atom. The van der Waals surface area contributed by atoms with Gasteiger partial charge in [0, 0.05) is 27.4 Å². The van der Waals surface area contributed by atoms with Gasteiger partial charge >= 0.3 is 0 Å². The van der Waals surface area contributed by atoms with Gasteiger partial charge in [-0.2, -0.15) is 0 Å². The van der Waals surface area contributed by atoms with E-state index in [-0.39, 0.29) is 0 Å². The summed E-state index contributed by atoms with van der Waals surface area (Å²) in [5, 5.41) is 16.4. The smallest absolute Gasteiger partial charge is 0.0541 e. The lowest BCUT2D eigenvalue weighted by molar-refractivity contribution is 1.07. The second-order valence-corrected chi connectivity index (χ2v) is 16.2. The average molecular weight is 770 g/mol. The van der Waals surface area contributed by atoms with E-state index in [1.54, 1.807) is 0 Å². The van der Waals surface area contributed by atoms with Crippen molar-refractivity contribution in [2.45, 2.75) is 0 Å². The molecule has 61 heavy (non-hydrogen) atoms. The quantitative estimate of drug-likeness (QED) is 0.121. The van der Waals surface area contributed by atoms with E-state index in [0.29, 0.717) is 0 Å². The Balaban J connectivity index is 0.967. The lowest BCUT2D eigenvalue weighted by Gasteiger charge is -2.18. The predicted molar refractivity (Wildman–Crippen MR) is 260 cm³/mol. The Labute approximate surface area is 352 Å². The molecule has 1 nitrogen and oxygen atoms in total. The summed E-state index contributed by atoms with van der Waals surface area (Å²) in [6.45, 7) is 0. The summed E-state index contributed by atoms with van der Waals surface area (Å²) in [5.74, 6) is 0. The summed E-state index contributed by atoms with van der Waals surface area (Å²) in [6, 6.07) is 62.7. The minimum Gasteiger partial charge on any atom is -0.309 e. The Hall–Kier alpha value is -8.18. The molecule has 2 aliphatic rings. The van der Waals surface area contributed by atoms with E-state index in [1.807, 2.05) is 6.08 Å². The Kier molecular flexibility index (Phi) is 7.29. The highest BCUT2D eigenvalue weighted by Crippen LogP contribution is 2.44. The highest BCUT2D eigenvalue weighted by Gasteiger charge is 2.20. The zero-order valence-corrected chi connectivity index (χ0v) is 33.2. The molecule has 13 rings (SSSR count). The Morgan fingerprint density at radius 1 is 0.377 bits per heavy atom. The van der Waals surface area contributed by atoms with Crippen LogP contribution in [0.15, 0.2) is 212 Å². The average Bonchev–Trinajstić information content (AvgIpc) is 3.45. The number of hydrogen-bond donors (Lipinski definition) is 0. The minimum atomic E-state index is 1.09. The number of aromatic nitrogens is 1. The van der Waals surface area contributed by atoms with Crippen molar-refractivity contribution in [2.24, 2.45) is 0 Å². The van der Waals surface area contributed by atoms with Crippen molar-refractivity contribution in [1.29, 1.82) is 0 Å². The van der Waals surface area contributed by atoms with Crippen LogP contribution in [-0.4, -0.2) is 4.57 Å². The Morgan fingerprint density at radius 2 is 0.967 bits per heavy atom. The van der Waals surface area contributed by atoms with Gasteiger partial charge in [-0.3, -0.25) is 0 Å². The van der Waals surface area contributed by atoms with Crippen molar-refractivity contribution in [3.63, 3.8) is 0 Å². The maximum Gasteiger partial charge on any atom is 0.0541 e. The molecule has 11 aromatic rings. The number of nitrogens with zero attached hydrogens (tertiary/aromatic N) is 1. The zero-order valence-electron chi connectivity index (χ0n) is 33.2. The second kappa shape index (κ2) is 13.2. The lowest BCUT2D eigenvalue weighted by atomic mass is 9.87. The zero-order chi connectivity index (χ0) is 40.0. The van der Waals surface area contributed by atoms with Crippen LogP contribution in [-0.2, 0) is 0 Å². The molecule has 0 atom stereocenters. The van der Waals surface area contributed by atoms with Gasteiger partial charge in [-0.05, 0) is 136 Å². The first-order chi connectivity index (χ1) is 30.3. The fourth-order valence-electron chi connectivity index (χ4n) is 10.3. The molecule has 0 radical (unpaired) electrons. The van der Waals surface area contributed by atoms with Gasteiger partial charge in [0.15, 0.2) is 0 Å². The molecule has 1 aromatic heterocycles. The summed E-state index contributed by atoms with van der Waals surface area (Å²) < 4.78 is 2.41. The third kappa shape index (κ3) is 5.10. The molecular weight excluding hydrogens is 735 g/mol. The van der Waals surface area contributed by atoms with Gasteiger partial charge in [0.1, 0.15) is 0 Å². The number of rotatable bonds is 5. The molecule has 2 aliphatic carbocycles. The molecule has 0 spiro atoms. The van der Waals surface area contributed by atoms with Crippen LogP contribution in [0.4, 0.5) is 0 Å². The number of benzene rings is 10. The normalized spacial score (nSPS) is 13.4. The van der Waals surface area contributed by atoms with Gasteiger partial charge in [0.25, 0.3) is 0 Å². The fourth-order valence-corrected chi connectivity index (χ4v) is 10.3. The maximum absolute atomic E-state index is 3.59. The Bertz CT molecular complexity index is 3910. The minimum absolute atomic E-state index is 1.09. The monoisotopic (exact) mass is 769 g/mol. The van der Waals surface area contributed by atoms with Crippen molar-refractivity contribution in [1.82, 2.24) is 4.57 Å². The van der Waals surface area contributed by atoms with Gasteiger partial charge in [0.05, 0.1) is 11.4 Å². The van der Waals surface area contributed by atoms with Gasteiger partial charge in [-0.1, -0.05) is 164 Å². The molecule has 1 heterocycles. The summed E-state index contributed by atoms with van der Waals surface area (Å²) >= 11 is 0. The third-order valence-corrected chi connectivity index (χ3v) is 13.0. The van der Waals surface area contributed by atoms with E-state index in [4.69, 9.17) is 0 Å². The van der Waals surface area contributed by atoms with Crippen LogP contribution in [0, 0.1) is 0 Å². The van der Waals surface area contributed by atoms with Crippen LogP contribution in [0.3, 0.4) is 0 Å². The first-order valence-electron chi connectivity index (χ1n) is 21.0. The molecule has 0 fully saturated rings. The molecule has 10 aromatic carbocycles. The highest BCUT2D eigenvalue weighted by atomic mass is 15.0. The van der Waals surface area contributed by atoms with Crippen LogP contribution in [0.1, 0.15) is 16.8 Å². The van der Waals surface area contributed by atoms with E-state index in [9.17, 15) is 0 Å². The molecule has 1 heteroatoms. The van der Waals surface area contributed by atoms with Crippen molar-refractivity contribution in [2.75, 3.05) is 0 Å². The number of fused-ring (bicyclic) bond motifs is 1.